The van der Waals surface area contributed by atoms with Crippen LogP contribution in [0.2, 0.25) is 0 Å². The number of anilines is 1. The molecule has 2 aromatic rings. The lowest BCUT2D eigenvalue weighted by molar-refractivity contribution is -0.116. The van der Waals surface area contributed by atoms with E-state index in [2.05, 4.69) is 10.6 Å². The Balaban J connectivity index is 2.19. The van der Waals surface area contributed by atoms with Gasteiger partial charge in [0.25, 0.3) is 0 Å². The Bertz CT molecular complexity index is 911. The predicted molar refractivity (Wildman–Crippen MR) is 99.4 cm³/mol. The maximum atomic E-state index is 12.4. The van der Waals surface area contributed by atoms with Gasteiger partial charge in [-0.2, -0.15) is 0 Å². The topological polar surface area (TPSA) is 118 Å². The van der Waals surface area contributed by atoms with Crippen molar-refractivity contribution < 1.29 is 18.0 Å². The first-order valence-corrected chi connectivity index (χ1v) is 9.77. The molecule has 0 unspecified atom stereocenters. The molecule has 0 bridgehead atoms. The smallest absolute Gasteiger partial charge is 0.312 e. The summed E-state index contributed by atoms with van der Waals surface area (Å²) in [5, 5.41) is 5.25. The molecule has 26 heavy (non-hydrogen) atoms. The third kappa shape index (κ3) is 5.32. The van der Waals surface area contributed by atoms with Gasteiger partial charge in [-0.3, -0.25) is 4.79 Å². The summed E-state index contributed by atoms with van der Waals surface area (Å²) >= 11 is 0. The molecule has 8 heteroatoms. The van der Waals surface area contributed by atoms with E-state index < -0.39 is 21.9 Å². The summed E-state index contributed by atoms with van der Waals surface area (Å²) in [4.78, 5) is 23.8. The molecule has 2 rings (SSSR count). The number of sulfone groups is 1. The van der Waals surface area contributed by atoms with Crippen LogP contribution in [0.3, 0.4) is 0 Å². The summed E-state index contributed by atoms with van der Waals surface area (Å²) in [7, 11) is -3.38. The lowest BCUT2D eigenvalue weighted by Gasteiger charge is -2.18. The number of amides is 3. The number of aryl methyl sites for hydroxylation is 1. The monoisotopic (exact) mass is 375 g/mol. The van der Waals surface area contributed by atoms with Gasteiger partial charge in [-0.1, -0.05) is 36.4 Å². The zero-order valence-corrected chi connectivity index (χ0v) is 15.3. The summed E-state index contributed by atoms with van der Waals surface area (Å²) in [6.45, 7) is 1.76. The van der Waals surface area contributed by atoms with Crippen LogP contribution >= 0.6 is 0 Å². The van der Waals surface area contributed by atoms with Gasteiger partial charge in [0.1, 0.15) is 0 Å². The van der Waals surface area contributed by atoms with Crippen molar-refractivity contribution in [1.29, 1.82) is 0 Å². The maximum absolute atomic E-state index is 12.4. The van der Waals surface area contributed by atoms with E-state index in [9.17, 15) is 18.0 Å². The molecule has 0 saturated heterocycles. The van der Waals surface area contributed by atoms with E-state index in [1.165, 1.54) is 12.1 Å². The normalized spacial score (nSPS) is 12.2. The highest BCUT2D eigenvalue weighted by Crippen LogP contribution is 2.22. The van der Waals surface area contributed by atoms with E-state index in [1.807, 2.05) is 6.07 Å². The fraction of sp³-hybridized carbons (Fsp3) is 0.222. The molecule has 4 N–H and O–H groups in total. The summed E-state index contributed by atoms with van der Waals surface area (Å²) in [6, 6.07) is 12.2. The SMILES string of the molecule is Cc1ccc(S(C)(=O)=O)cc1NC(=O)C[C@H](NC(N)=O)c1ccccc1. The molecule has 1 atom stereocenters. The first-order chi connectivity index (χ1) is 12.2. The number of hydrogen-bond donors (Lipinski definition) is 3. The van der Waals surface area contributed by atoms with Gasteiger partial charge >= 0.3 is 6.03 Å². The van der Waals surface area contributed by atoms with Gasteiger partial charge in [0.2, 0.25) is 5.91 Å². The number of carbonyl (C=O) groups is 2. The molecule has 0 spiro atoms. The summed E-state index contributed by atoms with van der Waals surface area (Å²) in [6.07, 6.45) is 1.06. The Labute approximate surface area is 152 Å². The molecule has 7 nitrogen and oxygen atoms in total. The Kier molecular flexibility index (Phi) is 5.99. The molecule has 3 amide bonds. The summed E-state index contributed by atoms with van der Waals surface area (Å²) in [5.74, 6) is -0.374. The predicted octanol–water partition coefficient (Wildman–Crippen LogP) is 2.14. The average Bonchev–Trinajstić information content (AvgIpc) is 2.55. The summed E-state index contributed by atoms with van der Waals surface area (Å²) in [5.41, 5.74) is 7.07. The summed E-state index contributed by atoms with van der Waals surface area (Å²) < 4.78 is 23.4. The number of benzene rings is 2. The highest BCUT2D eigenvalue weighted by Gasteiger charge is 2.18. The first-order valence-electron chi connectivity index (χ1n) is 7.88. The van der Waals surface area contributed by atoms with Crippen molar-refractivity contribution in [2.45, 2.75) is 24.3 Å². The van der Waals surface area contributed by atoms with E-state index in [0.717, 1.165) is 17.4 Å². The second kappa shape index (κ2) is 8.01. The van der Waals surface area contributed by atoms with Crippen LogP contribution in [0.25, 0.3) is 0 Å². The molecule has 2 aromatic carbocycles. The third-order valence-electron chi connectivity index (χ3n) is 3.82. The standard InChI is InChI=1S/C18H21N3O4S/c1-12-8-9-14(26(2,24)25)10-15(12)20-17(22)11-16(21-18(19)23)13-6-4-3-5-7-13/h3-10,16H,11H2,1-2H3,(H,20,22)(H3,19,21,23)/t16-/m0/s1. The van der Waals surface area contributed by atoms with Crippen molar-refractivity contribution in [2.75, 3.05) is 11.6 Å². The van der Waals surface area contributed by atoms with E-state index in [1.54, 1.807) is 37.3 Å². The van der Waals surface area contributed by atoms with Crippen LogP contribution in [0.5, 0.6) is 0 Å². The average molecular weight is 375 g/mol. The van der Waals surface area contributed by atoms with E-state index in [-0.39, 0.29) is 17.2 Å². The second-order valence-electron chi connectivity index (χ2n) is 5.97. The van der Waals surface area contributed by atoms with Gasteiger partial charge < -0.3 is 16.4 Å². The van der Waals surface area contributed by atoms with Crippen LogP contribution < -0.4 is 16.4 Å². The molecular weight excluding hydrogens is 354 g/mol. The van der Waals surface area contributed by atoms with Gasteiger partial charge in [0.05, 0.1) is 17.4 Å². The van der Waals surface area contributed by atoms with Crippen LogP contribution in [0.15, 0.2) is 53.4 Å². The third-order valence-corrected chi connectivity index (χ3v) is 4.93. The van der Waals surface area contributed by atoms with E-state index >= 15 is 0 Å². The van der Waals surface area contributed by atoms with Gasteiger partial charge in [0, 0.05) is 11.9 Å². The number of rotatable bonds is 6. The molecule has 138 valence electrons. The highest BCUT2D eigenvalue weighted by atomic mass is 32.2. The zero-order chi connectivity index (χ0) is 19.3. The number of primary amides is 1. The zero-order valence-electron chi connectivity index (χ0n) is 14.5. The number of carbonyl (C=O) groups excluding carboxylic acids is 2. The van der Waals surface area contributed by atoms with Crippen molar-refractivity contribution in [2.24, 2.45) is 5.73 Å². The minimum atomic E-state index is -3.38. The van der Waals surface area contributed by atoms with Crippen LogP contribution in [-0.2, 0) is 14.6 Å². The quantitative estimate of drug-likeness (QED) is 0.716. The van der Waals surface area contributed by atoms with Crippen LogP contribution in [-0.4, -0.2) is 26.6 Å². The molecule has 0 aromatic heterocycles. The number of urea groups is 1. The van der Waals surface area contributed by atoms with Gasteiger partial charge in [-0.25, -0.2) is 13.2 Å². The number of nitrogens with two attached hydrogens (primary N) is 1. The van der Waals surface area contributed by atoms with Crippen LogP contribution in [0, 0.1) is 6.92 Å². The van der Waals surface area contributed by atoms with E-state index in [4.69, 9.17) is 5.73 Å². The van der Waals surface area contributed by atoms with Crippen LogP contribution in [0.4, 0.5) is 10.5 Å². The number of hydrogen-bond acceptors (Lipinski definition) is 4. The molecule has 0 radical (unpaired) electrons. The van der Waals surface area contributed by atoms with Crippen molar-refractivity contribution >= 4 is 27.5 Å². The minimum Gasteiger partial charge on any atom is -0.352 e. The van der Waals surface area contributed by atoms with Crippen molar-refractivity contribution in [1.82, 2.24) is 5.32 Å². The Morgan fingerprint density at radius 2 is 1.77 bits per heavy atom. The van der Waals surface area contributed by atoms with Crippen molar-refractivity contribution in [3.05, 3.63) is 59.7 Å². The first kappa shape index (κ1) is 19.5. The maximum Gasteiger partial charge on any atom is 0.312 e. The largest absolute Gasteiger partial charge is 0.352 e. The molecule has 0 saturated carbocycles. The Morgan fingerprint density at radius 1 is 1.12 bits per heavy atom. The van der Waals surface area contributed by atoms with Crippen LogP contribution in [0.1, 0.15) is 23.6 Å². The van der Waals surface area contributed by atoms with Gasteiger partial charge in [0.15, 0.2) is 9.84 Å². The number of nitrogens with one attached hydrogen (secondary N) is 2. The van der Waals surface area contributed by atoms with Crippen molar-refractivity contribution in [3.63, 3.8) is 0 Å². The fourth-order valence-electron chi connectivity index (χ4n) is 2.46. The molecule has 0 aliphatic rings. The molecular formula is C18H21N3O4S. The Morgan fingerprint density at radius 3 is 2.35 bits per heavy atom. The molecule has 0 aliphatic heterocycles. The highest BCUT2D eigenvalue weighted by molar-refractivity contribution is 7.90. The van der Waals surface area contributed by atoms with Crippen molar-refractivity contribution in [3.8, 4) is 0 Å². The van der Waals surface area contributed by atoms with Gasteiger partial charge in [-0.15, -0.1) is 0 Å². The Hall–Kier alpha value is -2.87. The minimum absolute atomic E-state index is 0.0461. The lowest BCUT2D eigenvalue weighted by atomic mass is 10.0. The fourth-order valence-corrected chi connectivity index (χ4v) is 3.11. The molecule has 0 aliphatic carbocycles. The molecule has 0 heterocycles. The second-order valence-corrected chi connectivity index (χ2v) is 7.99. The van der Waals surface area contributed by atoms with E-state index in [0.29, 0.717) is 5.69 Å². The van der Waals surface area contributed by atoms with Gasteiger partial charge in [-0.05, 0) is 30.2 Å². The molecule has 0 fully saturated rings. The lowest BCUT2D eigenvalue weighted by Crippen LogP contribution is -2.35.